The number of allylic oxidation sites excluding steroid dienone is 1. The van der Waals surface area contributed by atoms with E-state index in [2.05, 4.69) is 15.6 Å². The number of halogens is 2. The smallest absolute Gasteiger partial charge is 0.410 e. The highest BCUT2D eigenvalue weighted by molar-refractivity contribution is 7.90. The van der Waals surface area contributed by atoms with Crippen LogP contribution in [0.15, 0.2) is 53.6 Å². The Morgan fingerprint density at radius 1 is 1.09 bits per heavy atom. The van der Waals surface area contributed by atoms with Gasteiger partial charge >= 0.3 is 12.2 Å². The minimum Gasteiger partial charge on any atom is -0.444 e. The number of pyridine rings is 1. The van der Waals surface area contributed by atoms with Crippen LogP contribution in [0.3, 0.4) is 0 Å². The zero-order valence-electron chi connectivity index (χ0n) is 30.7. The summed E-state index contributed by atoms with van der Waals surface area (Å²) in [6.45, 7) is 4.88. The third kappa shape index (κ3) is 9.04. The highest BCUT2D eigenvalue weighted by Crippen LogP contribution is 2.46. The molecule has 1 aromatic heterocycles. The maximum Gasteiger partial charge on any atom is 0.410 e. The van der Waals surface area contributed by atoms with Crippen LogP contribution in [-0.2, 0) is 47.0 Å². The molecule has 4 aliphatic rings. The first-order chi connectivity index (χ1) is 26.0. The number of alkyl carbamates (subject to hydrolysis) is 1. The SMILES string of the molecule is CC(C)(C)OC(=O)N[C@H]1CCCCC/C=C\[C@@H]2C[C@@]2(C(=O)NS(=O)(=O)c2cccnc2Cl)NC(=O)[C@@H]2C[C@@H](OC(=O)N3Cc4cccc(F)c4C3)CN2C1=O. The third-order valence-corrected chi connectivity index (χ3v) is 11.8. The van der Waals surface area contributed by atoms with Gasteiger partial charge in [-0.15, -0.1) is 0 Å². The number of carbonyl (C=O) groups is 5. The molecule has 1 aromatic carbocycles. The van der Waals surface area contributed by atoms with Gasteiger partial charge in [0.15, 0.2) is 0 Å². The van der Waals surface area contributed by atoms with Gasteiger partial charge in [-0.25, -0.2) is 32.1 Å². The molecule has 0 radical (unpaired) electrons. The van der Waals surface area contributed by atoms with Crippen molar-refractivity contribution in [3.8, 4) is 0 Å². The van der Waals surface area contributed by atoms with Crippen LogP contribution in [0.25, 0.3) is 0 Å². The van der Waals surface area contributed by atoms with E-state index in [1.54, 1.807) is 39.0 Å². The molecule has 0 bridgehead atoms. The minimum absolute atomic E-state index is 0.0261. The van der Waals surface area contributed by atoms with E-state index >= 15 is 0 Å². The molecule has 3 aliphatic heterocycles. The predicted molar refractivity (Wildman–Crippen MR) is 195 cm³/mol. The molecule has 2 aromatic rings. The molecule has 4 heterocycles. The highest BCUT2D eigenvalue weighted by atomic mass is 35.5. The van der Waals surface area contributed by atoms with E-state index in [9.17, 15) is 36.8 Å². The number of sulfonamides is 1. The second-order valence-electron chi connectivity index (χ2n) is 15.2. The van der Waals surface area contributed by atoms with Gasteiger partial charge in [-0.1, -0.05) is 48.7 Å². The van der Waals surface area contributed by atoms with Gasteiger partial charge in [0.1, 0.15) is 45.2 Å². The van der Waals surface area contributed by atoms with Crippen LogP contribution in [0.5, 0.6) is 0 Å². The van der Waals surface area contributed by atoms with Gasteiger partial charge in [-0.2, -0.15) is 0 Å². The van der Waals surface area contributed by atoms with Crippen molar-refractivity contribution >= 4 is 51.5 Å². The Bertz CT molecular complexity index is 2010. The van der Waals surface area contributed by atoms with E-state index in [-0.39, 0.29) is 44.0 Å². The first kappa shape index (κ1) is 39.9. The van der Waals surface area contributed by atoms with E-state index in [0.717, 1.165) is 0 Å². The van der Waals surface area contributed by atoms with E-state index < -0.39 is 85.9 Å². The summed E-state index contributed by atoms with van der Waals surface area (Å²) in [6, 6.07) is 4.68. The number of benzene rings is 1. The molecule has 5 amide bonds. The summed E-state index contributed by atoms with van der Waals surface area (Å²) in [5.74, 6) is -3.47. The summed E-state index contributed by atoms with van der Waals surface area (Å²) in [7, 11) is -4.52. The van der Waals surface area contributed by atoms with Gasteiger partial charge < -0.3 is 25.0 Å². The quantitative estimate of drug-likeness (QED) is 0.293. The Labute approximate surface area is 323 Å². The molecule has 5 atom stereocenters. The van der Waals surface area contributed by atoms with Crippen LogP contribution in [0.4, 0.5) is 14.0 Å². The number of amides is 5. The van der Waals surface area contributed by atoms with Gasteiger partial charge in [0.05, 0.1) is 13.1 Å². The maximum absolute atomic E-state index is 14.4. The Balaban J connectivity index is 1.27. The standard InChI is InChI=1S/C37H44ClFN6O9S/c1-36(2,3)54-34(49)41-27-14-8-6-4-5-7-12-23-18-37(23,33(48)43-55(51,52)29-15-10-16-40-30(29)38)42-31(46)28-17-24(20-45(28)32(27)47)53-35(50)44-19-22-11-9-13-26(39)25(22)21-44/h7,9-13,15-16,23-24,27-28H,4-6,8,14,17-21H2,1-3H3,(H,41,49)(H,42,46)(H,43,48)/b12-7-/t23-,24-,27+,28+,37-/m1/s1. The monoisotopic (exact) mass is 802 g/mol. The summed E-state index contributed by atoms with van der Waals surface area (Å²) < 4.78 is 54.3. The molecule has 1 saturated carbocycles. The van der Waals surface area contributed by atoms with Crippen LogP contribution in [0, 0.1) is 11.7 Å². The summed E-state index contributed by atoms with van der Waals surface area (Å²) >= 11 is 6.03. The molecule has 0 spiro atoms. The lowest BCUT2D eigenvalue weighted by Gasteiger charge is -2.30. The lowest BCUT2D eigenvalue weighted by molar-refractivity contribution is -0.141. The maximum atomic E-state index is 14.4. The summed E-state index contributed by atoms with van der Waals surface area (Å²) in [6.07, 6.45) is 4.95. The van der Waals surface area contributed by atoms with E-state index in [1.807, 2.05) is 10.8 Å². The van der Waals surface area contributed by atoms with Crippen molar-refractivity contribution in [3.05, 3.63) is 70.8 Å². The lowest BCUT2D eigenvalue weighted by atomic mass is 10.0. The molecular formula is C37H44ClFN6O9S. The van der Waals surface area contributed by atoms with Crippen molar-refractivity contribution in [3.63, 3.8) is 0 Å². The molecule has 1 saturated heterocycles. The van der Waals surface area contributed by atoms with Crippen LogP contribution >= 0.6 is 11.6 Å². The topological polar surface area (TPSA) is 193 Å². The van der Waals surface area contributed by atoms with Crippen molar-refractivity contribution < 1.29 is 46.3 Å². The molecule has 15 nitrogen and oxygen atoms in total. The van der Waals surface area contributed by atoms with Crippen LogP contribution in [0.2, 0.25) is 5.15 Å². The van der Waals surface area contributed by atoms with Gasteiger partial charge in [0, 0.05) is 30.6 Å². The van der Waals surface area contributed by atoms with Crippen LogP contribution in [-0.4, -0.2) is 89.0 Å². The van der Waals surface area contributed by atoms with Gasteiger partial charge in [0.2, 0.25) is 11.8 Å². The van der Waals surface area contributed by atoms with Crippen LogP contribution < -0.4 is 15.4 Å². The van der Waals surface area contributed by atoms with Crippen LogP contribution in [0.1, 0.15) is 76.8 Å². The Hall–Kier alpha value is -4.77. The van der Waals surface area contributed by atoms with Crippen molar-refractivity contribution in [2.24, 2.45) is 5.92 Å². The summed E-state index contributed by atoms with van der Waals surface area (Å²) in [4.78, 5) is 74.7. The van der Waals surface area contributed by atoms with Gasteiger partial charge in [0.25, 0.3) is 15.9 Å². The number of nitrogens with zero attached hydrogens (tertiary/aromatic N) is 3. The predicted octanol–water partition coefficient (Wildman–Crippen LogP) is 4.09. The third-order valence-electron chi connectivity index (χ3n) is 10.0. The molecule has 296 valence electrons. The first-order valence-electron chi connectivity index (χ1n) is 18.2. The molecular weight excluding hydrogens is 759 g/mol. The minimum atomic E-state index is -4.52. The highest BCUT2D eigenvalue weighted by Gasteiger charge is 2.62. The number of carbonyl (C=O) groups excluding carboxylic acids is 5. The number of hydrogen-bond donors (Lipinski definition) is 3. The number of aromatic nitrogens is 1. The van der Waals surface area contributed by atoms with E-state index in [1.165, 1.54) is 34.2 Å². The molecule has 18 heteroatoms. The van der Waals surface area contributed by atoms with Gasteiger partial charge in [-0.05, 0) is 70.2 Å². The largest absolute Gasteiger partial charge is 0.444 e. The molecule has 3 N–H and O–H groups in total. The first-order valence-corrected chi connectivity index (χ1v) is 20.0. The molecule has 1 aliphatic carbocycles. The van der Waals surface area contributed by atoms with Crippen molar-refractivity contribution in [1.82, 2.24) is 30.1 Å². The average molecular weight is 803 g/mol. The Kier molecular flexibility index (Phi) is 11.4. The fourth-order valence-corrected chi connectivity index (χ4v) is 8.67. The number of fused-ring (bicyclic) bond motifs is 3. The van der Waals surface area contributed by atoms with Crippen molar-refractivity contribution in [2.75, 3.05) is 6.54 Å². The number of hydrogen-bond acceptors (Lipinski definition) is 10. The number of rotatable bonds is 5. The fraction of sp³-hybridized carbons (Fsp3) is 0.514. The number of ether oxygens (including phenoxy) is 2. The zero-order valence-corrected chi connectivity index (χ0v) is 32.3. The lowest BCUT2D eigenvalue weighted by Crippen LogP contribution is -2.58. The van der Waals surface area contributed by atoms with E-state index in [4.69, 9.17) is 21.1 Å². The Morgan fingerprint density at radius 2 is 1.87 bits per heavy atom. The Morgan fingerprint density at radius 3 is 2.60 bits per heavy atom. The van der Waals surface area contributed by atoms with Gasteiger partial charge in [-0.3, -0.25) is 19.3 Å². The molecule has 6 rings (SSSR count). The molecule has 55 heavy (non-hydrogen) atoms. The summed E-state index contributed by atoms with van der Waals surface area (Å²) in [5.41, 5.74) is -1.57. The summed E-state index contributed by atoms with van der Waals surface area (Å²) in [5, 5.41) is 5.04. The normalized spacial score (nSPS) is 26.3. The van der Waals surface area contributed by atoms with Crippen molar-refractivity contribution in [2.45, 2.75) is 113 Å². The number of nitrogens with one attached hydrogen (secondary N) is 3. The zero-order chi connectivity index (χ0) is 39.7. The average Bonchev–Trinajstić information content (AvgIpc) is 3.40. The van der Waals surface area contributed by atoms with E-state index in [0.29, 0.717) is 36.8 Å². The fourth-order valence-electron chi connectivity index (χ4n) is 7.18. The second kappa shape index (κ2) is 15.8. The van der Waals surface area contributed by atoms with Crippen molar-refractivity contribution in [1.29, 1.82) is 0 Å². The second-order valence-corrected chi connectivity index (χ2v) is 17.3. The molecule has 2 fully saturated rings. The molecule has 0 unspecified atom stereocenters.